The van der Waals surface area contributed by atoms with Crippen LogP contribution in [0.5, 0.6) is 0 Å². The molecule has 0 saturated heterocycles. The molecule has 2 N–H and O–H groups in total. The van der Waals surface area contributed by atoms with Gasteiger partial charge in [-0.05, 0) is 25.7 Å². The van der Waals surface area contributed by atoms with Crippen LogP contribution < -0.4 is 5.73 Å². The van der Waals surface area contributed by atoms with Crippen molar-refractivity contribution in [2.45, 2.75) is 44.4 Å². The van der Waals surface area contributed by atoms with E-state index in [-0.39, 0.29) is 0 Å². The van der Waals surface area contributed by atoms with Gasteiger partial charge in [-0.3, -0.25) is 4.68 Å². The molecule has 84 valence electrons. The van der Waals surface area contributed by atoms with Crippen molar-refractivity contribution in [3.05, 3.63) is 18.0 Å². The summed E-state index contributed by atoms with van der Waals surface area (Å²) in [5.74, 6) is 0. The highest BCUT2D eigenvalue weighted by atomic mass is 16.5. The zero-order valence-electron chi connectivity index (χ0n) is 9.22. The van der Waals surface area contributed by atoms with Crippen LogP contribution in [-0.4, -0.2) is 21.9 Å². The van der Waals surface area contributed by atoms with Crippen molar-refractivity contribution in [2.24, 2.45) is 12.8 Å². The maximum absolute atomic E-state index is 5.90. The number of rotatable bonds is 3. The molecule has 1 aliphatic rings. The highest BCUT2D eigenvalue weighted by Crippen LogP contribution is 2.20. The quantitative estimate of drug-likeness (QED) is 0.814. The maximum Gasteiger partial charge on any atom is 0.0751 e. The lowest BCUT2D eigenvalue weighted by molar-refractivity contribution is 0.0122. The smallest absolute Gasteiger partial charge is 0.0751 e. The number of hydrogen-bond donors (Lipinski definition) is 1. The van der Waals surface area contributed by atoms with Gasteiger partial charge in [0.1, 0.15) is 0 Å². The molecular weight excluding hydrogens is 190 g/mol. The van der Waals surface area contributed by atoms with E-state index in [4.69, 9.17) is 10.5 Å². The Morgan fingerprint density at radius 1 is 1.60 bits per heavy atom. The first kappa shape index (κ1) is 10.6. The maximum atomic E-state index is 5.90. The predicted octanol–water partition coefficient (Wildman–Crippen LogP) is 1.21. The summed E-state index contributed by atoms with van der Waals surface area (Å²) in [6.07, 6.45) is 8.67. The molecular formula is C11H19N3O. The topological polar surface area (TPSA) is 53.1 Å². The van der Waals surface area contributed by atoms with Gasteiger partial charge >= 0.3 is 0 Å². The fourth-order valence-corrected chi connectivity index (χ4v) is 2.09. The number of aryl methyl sites for hydroxylation is 1. The molecule has 0 amide bonds. The predicted molar refractivity (Wildman–Crippen MR) is 58.2 cm³/mol. The average molecular weight is 209 g/mol. The largest absolute Gasteiger partial charge is 0.373 e. The zero-order chi connectivity index (χ0) is 10.7. The number of nitrogens with zero attached hydrogens (tertiary/aromatic N) is 2. The summed E-state index contributed by atoms with van der Waals surface area (Å²) in [6, 6.07) is 0.331. The third-order valence-electron chi connectivity index (χ3n) is 2.91. The van der Waals surface area contributed by atoms with Crippen molar-refractivity contribution in [1.29, 1.82) is 0 Å². The van der Waals surface area contributed by atoms with E-state index in [1.807, 2.05) is 19.4 Å². The molecule has 0 radical (unpaired) electrons. The lowest BCUT2D eigenvalue weighted by Gasteiger charge is -2.26. The van der Waals surface area contributed by atoms with Crippen LogP contribution >= 0.6 is 0 Å². The van der Waals surface area contributed by atoms with Crippen LogP contribution in [0.2, 0.25) is 0 Å². The molecule has 4 nitrogen and oxygen atoms in total. The standard InChI is InChI=1S/C11H19N3O/c1-14-7-9(6-13-14)8-15-11-4-2-3-10(12)5-11/h6-7,10-11H,2-5,8,12H2,1H3. The molecule has 0 aliphatic heterocycles. The van der Waals surface area contributed by atoms with E-state index in [0.29, 0.717) is 18.8 Å². The summed E-state index contributed by atoms with van der Waals surface area (Å²) in [5.41, 5.74) is 7.04. The summed E-state index contributed by atoms with van der Waals surface area (Å²) < 4.78 is 7.62. The van der Waals surface area contributed by atoms with E-state index >= 15 is 0 Å². The average Bonchev–Trinajstić information content (AvgIpc) is 2.62. The second-order valence-corrected chi connectivity index (χ2v) is 4.38. The van der Waals surface area contributed by atoms with E-state index < -0.39 is 0 Å². The van der Waals surface area contributed by atoms with Gasteiger partial charge < -0.3 is 10.5 Å². The van der Waals surface area contributed by atoms with Gasteiger partial charge in [0.15, 0.2) is 0 Å². The van der Waals surface area contributed by atoms with Crippen LogP contribution in [0.25, 0.3) is 0 Å². The Kier molecular flexibility index (Phi) is 3.38. The van der Waals surface area contributed by atoms with Gasteiger partial charge in [-0.2, -0.15) is 5.10 Å². The minimum absolute atomic E-state index is 0.331. The van der Waals surface area contributed by atoms with Crippen LogP contribution in [0, 0.1) is 0 Å². The van der Waals surface area contributed by atoms with Crippen LogP contribution in [0.4, 0.5) is 0 Å². The van der Waals surface area contributed by atoms with Gasteiger partial charge in [0, 0.05) is 24.8 Å². The lowest BCUT2D eigenvalue weighted by Crippen LogP contribution is -2.32. The Hall–Kier alpha value is -0.870. The monoisotopic (exact) mass is 209 g/mol. The molecule has 1 aromatic heterocycles. The van der Waals surface area contributed by atoms with E-state index in [1.54, 1.807) is 4.68 Å². The van der Waals surface area contributed by atoms with Crippen molar-refractivity contribution < 1.29 is 4.74 Å². The molecule has 2 atom stereocenters. The van der Waals surface area contributed by atoms with Crippen molar-refractivity contribution in [3.63, 3.8) is 0 Å². The molecule has 1 aliphatic carbocycles. The normalized spacial score (nSPS) is 26.8. The van der Waals surface area contributed by atoms with E-state index in [0.717, 1.165) is 24.8 Å². The summed E-state index contributed by atoms with van der Waals surface area (Å²) in [5, 5.41) is 4.11. The van der Waals surface area contributed by atoms with Gasteiger partial charge in [-0.15, -0.1) is 0 Å². The fraction of sp³-hybridized carbons (Fsp3) is 0.727. The Bertz CT molecular complexity index is 311. The number of aromatic nitrogens is 2. The second-order valence-electron chi connectivity index (χ2n) is 4.38. The fourth-order valence-electron chi connectivity index (χ4n) is 2.09. The molecule has 4 heteroatoms. The molecule has 1 heterocycles. The molecule has 1 saturated carbocycles. The summed E-state index contributed by atoms with van der Waals surface area (Å²) in [7, 11) is 1.92. The Balaban J connectivity index is 1.77. The van der Waals surface area contributed by atoms with Gasteiger partial charge in [0.05, 0.1) is 18.9 Å². The van der Waals surface area contributed by atoms with Crippen LogP contribution in [0.3, 0.4) is 0 Å². The molecule has 2 unspecified atom stereocenters. The minimum Gasteiger partial charge on any atom is -0.373 e. The Morgan fingerprint density at radius 2 is 2.47 bits per heavy atom. The number of nitrogens with two attached hydrogens (primary N) is 1. The third kappa shape index (κ3) is 3.04. The van der Waals surface area contributed by atoms with Crippen LogP contribution in [-0.2, 0) is 18.4 Å². The number of hydrogen-bond acceptors (Lipinski definition) is 3. The molecule has 2 rings (SSSR count). The first-order valence-electron chi connectivity index (χ1n) is 5.59. The second kappa shape index (κ2) is 4.77. The molecule has 1 fully saturated rings. The summed E-state index contributed by atoms with van der Waals surface area (Å²) >= 11 is 0. The first-order chi connectivity index (χ1) is 7.24. The Morgan fingerprint density at radius 3 is 3.13 bits per heavy atom. The van der Waals surface area contributed by atoms with E-state index in [1.165, 1.54) is 6.42 Å². The van der Waals surface area contributed by atoms with Crippen molar-refractivity contribution in [1.82, 2.24) is 9.78 Å². The zero-order valence-corrected chi connectivity index (χ0v) is 9.22. The van der Waals surface area contributed by atoms with Crippen LogP contribution in [0.15, 0.2) is 12.4 Å². The van der Waals surface area contributed by atoms with Gasteiger partial charge in [0.25, 0.3) is 0 Å². The minimum atomic E-state index is 0.331. The van der Waals surface area contributed by atoms with Crippen LogP contribution in [0.1, 0.15) is 31.2 Å². The van der Waals surface area contributed by atoms with Crippen molar-refractivity contribution >= 4 is 0 Å². The van der Waals surface area contributed by atoms with Gasteiger partial charge in [0.2, 0.25) is 0 Å². The molecule has 0 spiro atoms. The SMILES string of the molecule is Cn1cc(COC2CCCC(N)C2)cn1. The van der Waals surface area contributed by atoms with E-state index in [9.17, 15) is 0 Å². The first-order valence-corrected chi connectivity index (χ1v) is 5.59. The summed E-state index contributed by atoms with van der Waals surface area (Å²) in [4.78, 5) is 0. The molecule has 0 bridgehead atoms. The highest BCUT2D eigenvalue weighted by Gasteiger charge is 2.19. The molecule has 15 heavy (non-hydrogen) atoms. The van der Waals surface area contributed by atoms with Gasteiger partial charge in [-0.1, -0.05) is 0 Å². The third-order valence-corrected chi connectivity index (χ3v) is 2.91. The van der Waals surface area contributed by atoms with E-state index in [2.05, 4.69) is 5.10 Å². The number of ether oxygens (including phenoxy) is 1. The lowest BCUT2D eigenvalue weighted by atomic mass is 9.93. The van der Waals surface area contributed by atoms with Crippen molar-refractivity contribution in [3.8, 4) is 0 Å². The molecule has 0 aromatic carbocycles. The Labute approximate surface area is 90.4 Å². The van der Waals surface area contributed by atoms with Crippen molar-refractivity contribution in [2.75, 3.05) is 0 Å². The highest BCUT2D eigenvalue weighted by molar-refractivity contribution is 5.01. The summed E-state index contributed by atoms with van der Waals surface area (Å²) in [6.45, 7) is 0.658. The van der Waals surface area contributed by atoms with Gasteiger partial charge in [-0.25, -0.2) is 0 Å². The molecule has 1 aromatic rings.